The van der Waals surface area contributed by atoms with Gasteiger partial charge in [-0.2, -0.15) is 0 Å². The lowest BCUT2D eigenvalue weighted by Crippen LogP contribution is -2.59. The van der Waals surface area contributed by atoms with E-state index in [1.165, 1.54) is 6.92 Å². The van der Waals surface area contributed by atoms with Gasteiger partial charge in [-0.25, -0.2) is 4.79 Å². The van der Waals surface area contributed by atoms with Crippen molar-refractivity contribution in [3.05, 3.63) is 0 Å². The molecule has 11 N–H and O–H groups in total. The molecule has 6 atom stereocenters. The van der Waals surface area contributed by atoms with Gasteiger partial charge in [0.05, 0.1) is 18.6 Å². The maximum atomic E-state index is 12.6. The third-order valence-electron chi connectivity index (χ3n) is 4.19. The van der Waals surface area contributed by atoms with E-state index in [0.29, 0.717) is 0 Å². The molecular weight excluding hydrogens is 434 g/mol. The number of rotatable bonds is 14. The molecule has 15 heteroatoms. The van der Waals surface area contributed by atoms with Gasteiger partial charge < -0.3 is 47.8 Å². The first kappa shape index (κ1) is 28.7. The number of primary amides is 1. The van der Waals surface area contributed by atoms with Crippen LogP contribution in [0.25, 0.3) is 0 Å². The second-order valence-corrected chi connectivity index (χ2v) is 7.06. The second kappa shape index (κ2) is 13.2. The van der Waals surface area contributed by atoms with Crippen molar-refractivity contribution in [1.82, 2.24) is 16.0 Å². The van der Waals surface area contributed by atoms with Gasteiger partial charge in [-0.05, 0) is 20.3 Å². The van der Waals surface area contributed by atoms with Gasteiger partial charge in [0.25, 0.3) is 0 Å². The van der Waals surface area contributed by atoms with E-state index in [2.05, 4.69) is 5.32 Å². The average molecular weight is 463 g/mol. The molecule has 4 amide bonds. The number of amides is 4. The number of carbonyl (C=O) groups excluding carboxylic acids is 4. The van der Waals surface area contributed by atoms with Crippen LogP contribution in [0.2, 0.25) is 0 Å². The Morgan fingerprint density at radius 1 is 0.812 bits per heavy atom. The van der Waals surface area contributed by atoms with Crippen molar-refractivity contribution < 1.29 is 49.2 Å². The van der Waals surface area contributed by atoms with Gasteiger partial charge >= 0.3 is 11.9 Å². The number of nitrogens with two attached hydrogens (primary N) is 2. The molecule has 0 saturated heterocycles. The Morgan fingerprint density at radius 2 is 1.31 bits per heavy atom. The topological polar surface area (TPSA) is 271 Å². The Balaban J connectivity index is 5.60. The van der Waals surface area contributed by atoms with Crippen LogP contribution in [0.3, 0.4) is 0 Å². The van der Waals surface area contributed by atoms with Crippen molar-refractivity contribution in [3.8, 4) is 0 Å². The number of aliphatic hydroxyl groups excluding tert-OH is 2. The Bertz CT molecular complexity index is 727. The number of carbonyl (C=O) groups is 6. The molecular formula is C17H29N5O10. The fourth-order valence-corrected chi connectivity index (χ4v) is 2.34. The summed E-state index contributed by atoms with van der Waals surface area (Å²) >= 11 is 0. The number of carboxylic acids is 2. The van der Waals surface area contributed by atoms with Crippen LogP contribution in [0.5, 0.6) is 0 Å². The largest absolute Gasteiger partial charge is 0.481 e. The van der Waals surface area contributed by atoms with Crippen LogP contribution in [0.1, 0.15) is 33.1 Å². The molecule has 32 heavy (non-hydrogen) atoms. The molecule has 0 rings (SSSR count). The summed E-state index contributed by atoms with van der Waals surface area (Å²) in [5, 5.41) is 43.1. The van der Waals surface area contributed by atoms with Crippen molar-refractivity contribution in [3.63, 3.8) is 0 Å². The lowest BCUT2D eigenvalue weighted by atomic mass is 10.1. The summed E-state index contributed by atoms with van der Waals surface area (Å²) in [7, 11) is 0. The van der Waals surface area contributed by atoms with Crippen molar-refractivity contribution in [2.45, 2.75) is 69.5 Å². The van der Waals surface area contributed by atoms with Gasteiger partial charge in [-0.15, -0.1) is 0 Å². The number of hydrogen-bond acceptors (Lipinski definition) is 9. The normalized spacial score (nSPS) is 16.4. The van der Waals surface area contributed by atoms with Gasteiger partial charge in [-0.3, -0.25) is 24.0 Å². The van der Waals surface area contributed by atoms with Gasteiger partial charge in [0, 0.05) is 6.42 Å². The summed E-state index contributed by atoms with van der Waals surface area (Å²) in [6.07, 6.45) is -4.54. The molecule has 0 aliphatic carbocycles. The average Bonchev–Trinajstić information content (AvgIpc) is 2.66. The summed E-state index contributed by atoms with van der Waals surface area (Å²) in [5.74, 6) is -7.22. The summed E-state index contributed by atoms with van der Waals surface area (Å²) in [6.45, 7) is 2.29. The van der Waals surface area contributed by atoms with E-state index >= 15 is 0 Å². The van der Waals surface area contributed by atoms with Gasteiger partial charge in [-0.1, -0.05) is 0 Å². The number of nitrogens with one attached hydrogen (secondary N) is 3. The van der Waals surface area contributed by atoms with Crippen molar-refractivity contribution in [2.24, 2.45) is 11.5 Å². The first-order valence-corrected chi connectivity index (χ1v) is 9.43. The summed E-state index contributed by atoms with van der Waals surface area (Å²) in [6, 6.07) is -6.50. The molecule has 0 aliphatic rings. The lowest BCUT2D eigenvalue weighted by molar-refractivity contribution is -0.145. The van der Waals surface area contributed by atoms with Crippen molar-refractivity contribution in [1.29, 1.82) is 0 Å². The van der Waals surface area contributed by atoms with Crippen LogP contribution < -0.4 is 27.4 Å². The van der Waals surface area contributed by atoms with Crippen LogP contribution in [-0.4, -0.2) is 92.4 Å². The van der Waals surface area contributed by atoms with E-state index in [0.717, 1.165) is 6.92 Å². The number of aliphatic hydroxyl groups is 2. The zero-order chi connectivity index (χ0) is 25.2. The molecule has 182 valence electrons. The molecule has 0 aromatic carbocycles. The van der Waals surface area contributed by atoms with Gasteiger partial charge in [0.2, 0.25) is 23.6 Å². The molecule has 0 saturated carbocycles. The third kappa shape index (κ3) is 10.1. The lowest BCUT2D eigenvalue weighted by Gasteiger charge is -2.25. The summed E-state index contributed by atoms with van der Waals surface area (Å²) in [5.41, 5.74) is 10.5. The maximum absolute atomic E-state index is 12.6. The molecule has 0 aliphatic heterocycles. The molecule has 0 aromatic rings. The predicted octanol–water partition coefficient (Wildman–Crippen LogP) is -4.65. The van der Waals surface area contributed by atoms with Crippen LogP contribution in [0, 0.1) is 0 Å². The number of carboxylic acid groups (broad SMARTS) is 2. The molecule has 0 fully saturated rings. The van der Waals surface area contributed by atoms with Crippen molar-refractivity contribution in [2.75, 3.05) is 0 Å². The highest BCUT2D eigenvalue weighted by Crippen LogP contribution is 2.04. The quantitative estimate of drug-likeness (QED) is 0.118. The Morgan fingerprint density at radius 3 is 1.72 bits per heavy atom. The van der Waals surface area contributed by atoms with Gasteiger partial charge in [0.15, 0.2) is 6.04 Å². The molecule has 0 heterocycles. The minimum absolute atomic E-state index is 0.389. The first-order chi connectivity index (χ1) is 14.7. The SMILES string of the molecule is CC(O)C(N)C(=O)NC(CC(=O)O)C(=O)NC(CCC(N)=O)C(=O)NC(C(=O)O)C(C)O. The van der Waals surface area contributed by atoms with Crippen LogP contribution in [0.15, 0.2) is 0 Å². The van der Waals surface area contributed by atoms with E-state index in [1.54, 1.807) is 0 Å². The van der Waals surface area contributed by atoms with E-state index in [-0.39, 0.29) is 6.42 Å². The van der Waals surface area contributed by atoms with Crippen LogP contribution in [0.4, 0.5) is 0 Å². The smallest absolute Gasteiger partial charge is 0.328 e. The maximum Gasteiger partial charge on any atom is 0.328 e. The van der Waals surface area contributed by atoms with Crippen LogP contribution in [-0.2, 0) is 28.8 Å². The molecule has 0 radical (unpaired) electrons. The highest BCUT2D eigenvalue weighted by atomic mass is 16.4. The molecule has 0 aromatic heterocycles. The fraction of sp³-hybridized carbons (Fsp3) is 0.647. The zero-order valence-electron chi connectivity index (χ0n) is 17.5. The first-order valence-electron chi connectivity index (χ1n) is 9.43. The third-order valence-corrected chi connectivity index (χ3v) is 4.19. The standard InChI is InChI=1S/C17H29N5O10/c1-6(23)12(19)16(30)21-9(5-11(26)27)15(29)20-8(3-4-10(18)25)14(28)22-13(7(2)24)17(31)32/h6-9,12-13,23-24H,3-5,19H2,1-2H3,(H2,18,25)(H,20,29)(H,21,30)(H,22,28)(H,26,27)(H,31,32). The number of aliphatic carboxylic acids is 2. The monoisotopic (exact) mass is 463 g/mol. The van der Waals surface area contributed by atoms with E-state index in [9.17, 15) is 39.0 Å². The Hall–Kier alpha value is -3.30. The van der Waals surface area contributed by atoms with E-state index < -0.39 is 84.8 Å². The Kier molecular flexibility index (Phi) is 11.8. The zero-order valence-corrected chi connectivity index (χ0v) is 17.5. The fourth-order valence-electron chi connectivity index (χ4n) is 2.34. The second-order valence-electron chi connectivity index (χ2n) is 7.06. The molecule has 15 nitrogen and oxygen atoms in total. The summed E-state index contributed by atoms with van der Waals surface area (Å²) < 4.78 is 0. The summed E-state index contributed by atoms with van der Waals surface area (Å²) in [4.78, 5) is 70.4. The molecule has 6 unspecified atom stereocenters. The van der Waals surface area contributed by atoms with E-state index in [1.807, 2.05) is 10.6 Å². The van der Waals surface area contributed by atoms with Crippen LogP contribution >= 0.6 is 0 Å². The van der Waals surface area contributed by atoms with Crippen molar-refractivity contribution >= 4 is 35.6 Å². The minimum atomic E-state index is -1.74. The Labute approximate surface area is 182 Å². The van der Waals surface area contributed by atoms with Gasteiger partial charge in [0.1, 0.15) is 18.1 Å². The van der Waals surface area contributed by atoms with E-state index in [4.69, 9.17) is 21.7 Å². The highest BCUT2D eigenvalue weighted by Gasteiger charge is 2.33. The number of hydrogen-bond donors (Lipinski definition) is 9. The highest BCUT2D eigenvalue weighted by molar-refractivity contribution is 5.96. The molecule has 0 bridgehead atoms. The predicted molar refractivity (Wildman–Crippen MR) is 105 cm³/mol. The molecule has 0 spiro atoms. The minimum Gasteiger partial charge on any atom is -0.481 e.